The number of carbonyl (C=O) groups excluding carboxylic acids is 2. The van der Waals surface area contributed by atoms with Crippen LogP contribution in [0, 0.1) is 5.41 Å². The van der Waals surface area contributed by atoms with E-state index < -0.39 is 5.41 Å². The molecule has 0 bridgehead atoms. The van der Waals surface area contributed by atoms with Crippen molar-refractivity contribution >= 4 is 28.4 Å². The standard InChI is InChI=1S/C26H31N7O2/c1-31-15-5-13-26(25(31)35)14-6-16-33(18-26)24(34)19-9-11-20(12-10-19)32(2)30-27-17-23-21-7-3-4-8-22(21)28-29-23/h3-4,7-12H,5-6,13-18H2,1-2H3,(H,28,29)/b30-27-. The van der Waals surface area contributed by atoms with Crippen molar-refractivity contribution in [1.82, 2.24) is 20.0 Å². The van der Waals surface area contributed by atoms with E-state index in [1.165, 1.54) is 0 Å². The number of piperidine rings is 2. The summed E-state index contributed by atoms with van der Waals surface area (Å²) in [6, 6.07) is 15.3. The molecule has 9 heteroatoms. The van der Waals surface area contributed by atoms with Crippen LogP contribution in [0.15, 0.2) is 58.9 Å². The van der Waals surface area contributed by atoms with Crippen molar-refractivity contribution in [3.63, 3.8) is 0 Å². The van der Waals surface area contributed by atoms with Crippen LogP contribution in [-0.2, 0) is 11.3 Å². The van der Waals surface area contributed by atoms with Crippen molar-refractivity contribution in [3.05, 3.63) is 59.8 Å². The quantitative estimate of drug-likeness (QED) is 0.447. The number of hydrogen-bond acceptors (Lipinski definition) is 5. The van der Waals surface area contributed by atoms with Gasteiger partial charge < -0.3 is 9.80 Å². The van der Waals surface area contributed by atoms with E-state index in [2.05, 4.69) is 20.5 Å². The maximum atomic E-state index is 13.2. The predicted molar refractivity (Wildman–Crippen MR) is 134 cm³/mol. The van der Waals surface area contributed by atoms with Gasteiger partial charge >= 0.3 is 0 Å². The first kappa shape index (κ1) is 23.0. The molecule has 1 unspecified atom stereocenters. The van der Waals surface area contributed by atoms with Crippen molar-refractivity contribution in [1.29, 1.82) is 0 Å². The fraction of sp³-hybridized carbons (Fsp3) is 0.423. The Kier molecular flexibility index (Phi) is 6.23. The summed E-state index contributed by atoms with van der Waals surface area (Å²) in [5.74, 6) is 0.165. The predicted octanol–water partition coefficient (Wildman–Crippen LogP) is 4.04. The lowest BCUT2D eigenvalue weighted by atomic mass is 9.73. The molecule has 2 aliphatic rings. The third-order valence-corrected chi connectivity index (χ3v) is 7.27. The van der Waals surface area contributed by atoms with Gasteiger partial charge in [-0.1, -0.05) is 23.4 Å². The molecular weight excluding hydrogens is 442 g/mol. The number of amides is 2. The van der Waals surface area contributed by atoms with E-state index in [9.17, 15) is 9.59 Å². The first-order valence-corrected chi connectivity index (χ1v) is 12.1. The van der Waals surface area contributed by atoms with Gasteiger partial charge in [0.2, 0.25) is 5.91 Å². The van der Waals surface area contributed by atoms with Crippen LogP contribution < -0.4 is 5.01 Å². The fourth-order valence-electron chi connectivity index (χ4n) is 5.34. The zero-order valence-electron chi connectivity index (χ0n) is 20.3. The number of benzene rings is 2. The first-order chi connectivity index (χ1) is 17.0. The van der Waals surface area contributed by atoms with E-state index in [0.717, 1.165) is 54.5 Å². The average molecular weight is 474 g/mol. The molecule has 35 heavy (non-hydrogen) atoms. The number of carbonyl (C=O) groups is 2. The van der Waals surface area contributed by atoms with Crippen LogP contribution in [0.5, 0.6) is 0 Å². The zero-order chi connectivity index (χ0) is 24.4. The van der Waals surface area contributed by atoms with Gasteiger partial charge in [-0.05, 0) is 56.0 Å². The van der Waals surface area contributed by atoms with Gasteiger partial charge in [-0.15, -0.1) is 0 Å². The van der Waals surface area contributed by atoms with Gasteiger partial charge in [0.05, 0.1) is 22.3 Å². The molecule has 2 aromatic carbocycles. The Morgan fingerprint density at radius 3 is 2.66 bits per heavy atom. The maximum absolute atomic E-state index is 13.2. The van der Waals surface area contributed by atoms with Crippen molar-refractivity contribution in [2.24, 2.45) is 15.8 Å². The van der Waals surface area contributed by atoms with Crippen molar-refractivity contribution < 1.29 is 9.59 Å². The van der Waals surface area contributed by atoms with Gasteiger partial charge in [-0.25, -0.2) is 0 Å². The summed E-state index contributed by atoms with van der Waals surface area (Å²) in [6.07, 6.45) is 3.58. The fourth-order valence-corrected chi connectivity index (χ4v) is 5.34. The summed E-state index contributed by atoms with van der Waals surface area (Å²) < 4.78 is 0. The minimum absolute atomic E-state index is 0.0219. The lowest BCUT2D eigenvalue weighted by Gasteiger charge is -2.46. The van der Waals surface area contributed by atoms with Crippen LogP contribution in [0.2, 0.25) is 0 Å². The molecule has 1 N–H and O–H groups in total. The summed E-state index contributed by atoms with van der Waals surface area (Å²) >= 11 is 0. The first-order valence-electron chi connectivity index (χ1n) is 12.1. The Hall–Kier alpha value is -3.75. The molecule has 182 valence electrons. The monoisotopic (exact) mass is 473 g/mol. The van der Waals surface area contributed by atoms with Gasteiger partial charge in [0.15, 0.2) is 0 Å². The number of hydrogen-bond donors (Lipinski definition) is 1. The number of aromatic nitrogens is 2. The summed E-state index contributed by atoms with van der Waals surface area (Å²) in [5.41, 5.74) is 2.86. The van der Waals surface area contributed by atoms with E-state index in [1.807, 2.05) is 72.4 Å². The number of likely N-dealkylation sites (tertiary alicyclic amines) is 2. The van der Waals surface area contributed by atoms with Crippen LogP contribution in [0.3, 0.4) is 0 Å². The molecule has 0 saturated carbocycles. The van der Waals surface area contributed by atoms with Gasteiger partial charge in [0, 0.05) is 44.7 Å². The highest BCUT2D eigenvalue weighted by Crippen LogP contribution is 2.39. The van der Waals surface area contributed by atoms with E-state index in [-0.39, 0.29) is 11.8 Å². The smallest absolute Gasteiger partial charge is 0.253 e. The second kappa shape index (κ2) is 9.48. The molecule has 9 nitrogen and oxygen atoms in total. The number of rotatable bonds is 5. The minimum atomic E-state index is -0.416. The van der Waals surface area contributed by atoms with Gasteiger partial charge in [-0.2, -0.15) is 10.2 Å². The Balaban J connectivity index is 1.22. The van der Waals surface area contributed by atoms with E-state index in [0.29, 0.717) is 25.2 Å². The van der Waals surface area contributed by atoms with Crippen molar-refractivity contribution in [3.8, 4) is 0 Å². The lowest BCUT2D eigenvalue weighted by Crippen LogP contribution is -2.56. The third kappa shape index (κ3) is 4.50. The van der Waals surface area contributed by atoms with E-state index in [1.54, 1.807) is 5.01 Å². The van der Waals surface area contributed by atoms with Crippen LogP contribution in [-0.4, -0.2) is 65.5 Å². The Morgan fingerprint density at radius 1 is 1.11 bits per heavy atom. The number of nitrogens with one attached hydrogen (secondary N) is 1. The average Bonchev–Trinajstić information content (AvgIpc) is 3.30. The molecule has 1 spiro atoms. The van der Waals surface area contributed by atoms with Crippen LogP contribution in [0.1, 0.15) is 41.7 Å². The Labute approximate surface area is 204 Å². The zero-order valence-corrected chi connectivity index (χ0v) is 20.3. The van der Waals surface area contributed by atoms with Crippen molar-refractivity contribution in [2.75, 3.05) is 38.7 Å². The SMILES string of the molecule is CN1CCCC2(CCCN(C(=O)c3ccc(N(C)/N=N\Cc4n[nH]c5ccccc45)cc3)C2)C1=O. The molecule has 2 aliphatic heterocycles. The molecule has 2 amide bonds. The number of aromatic amines is 1. The summed E-state index contributed by atoms with van der Waals surface area (Å²) in [7, 11) is 3.69. The van der Waals surface area contributed by atoms with E-state index >= 15 is 0 Å². The van der Waals surface area contributed by atoms with Gasteiger partial charge in [0.25, 0.3) is 5.91 Å². The maximum Gasteiger partial charge on any atom is 0.253 e. The summed E-state index contributed by atoms with van der Waals surface area (Å²) in [6.45, 7) is 2.37. The molecule has 1 aromatic heterocycles. The summed E-state index contributed by atoms with van der Waals surface area (Å²) in [5, 5.41) is 18.6. The highest BCUT2D eigenvalue weighted by atomic mass is 16.2. The second-order valence-electron chi connectivity index (χ2n) is 9.62. The van der Waals surface area contributed by atoms with Crippen LogP contribution in [0.4, 0.5) is 5.69 Å². The van der Waals surface area contributed by atoms with Crippen LogP contribution >= 0.6 is 0 Å². The normalized spacial score (nSPS) is 20.8. The number of H-pyrrole nitrogens is 1. The highest BCUT2D eigenvalue weighted by molar-refractivity contribution is 5.95. The molecule has 2 fully saturated rings. The van der Waals surface area contributed by atoms with Gasteiger partial charge in [-0.3, -0.25) is 19.7 Å². The minimum Gasteiger partial charge on any atom is -0.345 e. The molecule has 1 atom stereocenters. The van der Waals surface area contributed by atoms with Gasteiger partial charge in [0.1, 0.15) is 6.54 Å². The molecule has 5 rings (SSSR count). The molecule has 0 aliphatic carbocycles. The summed E-state index contributed by atoms with van der Waals surface area (Å²) in [4.78, 5) is 29.8. The molecule has 2 saturated heterocycles. The molecular formula is C26H31N7O2. The number of anilines is 1. The molecule has 3 aromatic rings. The molecule has 3 heterocycles. The van der Waals surface area contributed by atoms with E-state index in [4.69, 9.17) is 0 Å². The lowest BCUT2D eigenvalue weighted by molar-refractivity contribution is -0.148. The Morgan fingerprint density at radius 2 is 1.86 bits per heavy atom. The van der Waals surface area contributed by atoms with Crippen molar-refractivity contribution in [2.45, 2.75) is 32.2 Å². The number of nitrogens with zero attached hydrogens (tertiary/aromatic N) is 6. The van der Waals surface area contributed by atoms with Crippen LogP contribution in [0.25, 0.3) is 10.9 Å². The Bertz CT molecular complexity index is 1250. The molecule has 0 radical (unpaired) electrons. The highest BCUT2D eigenvalue weighted by Gasteiger charge is 2.46. The second-order valence-corrected chi connectivity index (χ2v) is 9.62. The largest absolute Gasteiger partial charge is 0.345 e. The third-order valence-electron chi connectivity index (χ3n) is 7.27. The topological polar surface area (TPSA) is 97.3 Å². The number of para-hydroxylation sites is 1. The number of fused-ring (bicyclic) bond motifs is 1.